The zero-order chi connectivity index (χ0) is 17.0. The first-order chi connectivity index (χ1) is 11.0. The van der Waals surface area contributed by atoms with Crippen LogP contribution < -0.4 is 4.90 Å². The number of benzene rings is 2. The first-order valence-electron chi connectivity index (χ1n) is 8.16. The normalized spacial score (nSPS) is 12.0. The van der Waals surface area contributed by atoms with Gasteiger partial charge in [-0.25, -0.2) is 0 Å². The van der Waals surface area contributed by atoms with E-state index in [1.54, 1.807) is 6.92 Å². The van der Waals surface area contributed by atoms with Crippen molar-refractivity contribution in [1.82, 2.24) is 0 Å². The Bertz CT molecular complexity index is 682. The lowest BCUT2D eigenvalue weighted by Gasteiger charge is -2.32. The summed E-state index contributed by atoms with van der Waals surface area (Å²) in [4.78, 5) is 14.4. The monoisotopic (exact) mass is 329 g/mol. The number of carbonyl (C=O) groups excluding carboxylic acids is 1. The van der Waals surface area contributed by atoms with Gasteiger partial charge in [-0.15, -0.1) is 0 Å². The Hall–Kier alpha value is -1.80. The van der Waals surface area contributed by atoms with Gasteiger partial charge in [0, 0.05) is 11.9 Å². The average Bonchev–Trinajstić information content (AvgIpc) is 2.56. The van der Waals surface area contributed by atoms with Gasteiger partial charge in [-0.05, 0) is 42.5 Å². The minimum atomic E-state index is -0.0391. The van der Waals surface area contributed by atoms with Crippen molar-refractivity contribution in [3.05, 3.63) is 64.2 Å². The third kappa shape index (κ3) is 3.59. The van der Waals surface area contributed by atoms with Gasteiger partial charge in [-0.3, -0.25) is 4.79 Å². The van der Waals surface area contributed by atoms with E-state index in [0.717, 1.165) is 40.2 Å². The zero-order valence-corrected chi connectivity index (χ0v) is 15.0. The van der Waals surface area contributed by atoms with Crippen LogP contribution in [0.4, 0.5) is 5.69 Å². The van der Waals surface area contributed by atoms with Gasteiger partial charge >= 0.3 is 0 Å². The van der Waals surface area contributed by atoms with E-state index in [9.17, 15) is 4.79 Å². The highest BCUT2D eigenvalue weighted by molar-refractivity contribution is 6.32. The van der Waals surface area contributed by atoms with Gasteiger partial charge in [0.05, 0.1) is 11.7 Å². The zero-order valence-electron chi connectivity index (χ0n) is 14.3. The van der Waals surface area contributed by atoms with E-state index < -0.39 is 0 Å². The molecule has 0 spiro atoms. The number of nitrogens with zero attached hydrogens (tertiary/aromatic N) is 1. The van der Waals surface area contributed by atoms with Crippen molar-refractivity contribution in [1.29, 1.82) is 0 Å². The summed E-state index contributed by atoms with van der Waals surface area (Å²) < 4.78 is 0. The fourth-order valence-corrected chi connectivity index (χ4v) is 3.37. The van der Waals surface area contributed by atoms with Gasteiger partial charge in [0.15, 0.2) is 0 Å². The molecule has 0 bridgehead atoms. The molecule has 0 aliphatic carbocycles. The molecule has 1 amide bonds. The molecular weight excluding hydrogens is 306 g/mol. The molecule has 0 radical (unpaired) electrons. The number of hydrogen-bond donors (Lipinski definition) is 0. The van der Waals surface area contributed by atoms with Crippen molar-refractivity contribution in [3.63, 3.8) is 0 Å². The third-order valence-electron chi connectivity index (χ3n) is 4.29. The molecule has 2 rings (SSSR count). The summed E-state index contributed by atoms with van der Waals surface area (Å²) in [5.74, 6) is 0.0352. The summed E-state index contributed by atoms with van der Waals surface area (Å²) in [6.07, 6.45) is 1.66. The van der Waals surface area contributed by atoms with Crippen LogP contribution in [0.5, 0.6) is 0 Å². The fraction of sp³-hybridized carbons (Fsp3) is 0.350. The van der Waals surface area contributed by atoms with Gasteiger partial charge in [-0.1, -0.05) is 61.8 Å². The SMILES string of the molecule is CCc1ccc(Cl)c(CC)c1N(C(C)=O)C(C)c1ccccc1. The Morgan fingerprint density at radius 3 is 2.26 bits per heavy atom. The van der Waals surface area contributed by atoms with Crippen molar-refractivity contribution in [3.8, 4) is 0 Å². The molecule has 2 nitrogen and oxygen atoms in total. The second kappa shape index (κ2) is 7.65. The number of aryl methyl sites for hydroxylation is 1. The highest BCUT2D eigenvalue weighted by atomic mass is 35.5. The maximum atomic E-state index is 12.5. The maximum Gasteiger partial charge on any atom is 0.224 e. The standard InChI is InChI=1S/C20H24ClNO/c1-5-16-12-13-19(21)18(6-2)20(16)22(15(4)23)14(3)17-10-8-7-9-11-17/h7-14H,5-6H2,1-4H3. The van der Waals surface area contributed by atoms with Crippen molar-refractivity contribution in [2.45, 2.75) is 46.6 Å². The van der Waals surface area contributed by atoms with Gasteiger partial charge in [-0.2, -0.15) is 0 Å². The van der Waals surface area contributed by atoms with Crippen molar-refractivity contribution >= 4 is 23.2 Å². The number of hydrogen-bond acceptors (Lipinski definition) is 1. The topological polar surface area (TPSA) is 20.3 Å². The highest BCUT2D eigenvalue weighted by Crippen LogP contribution is 2.37. The van der Waals surface area contributed by atoms with E-state index in [2.05, 4.69) is 32.9 Å². The van der Waals surface area contributed by atoms with Crippen LogP contribution in [-0.2, 0) is 17.6 Å². The van der Waals surface area contributed by atoms with Crippen LogP contribution >= 0.6 is 11.6 Å². The van der Waals surface area contributed by atoms with Crippen LogP contribution in [0.3, 0.4) is 0 Å². The van der Waals surface area contributed by atoms with Crippen LogP contribution in [0.15, 0.2) is 42.5 Å². The Morgan fingerprint density at radius 2 is 1.74 bits per heavy atom. The summed E-state index contributed by atoms with van der Waals surface area (Å²) in [7, 11) is 0. The van der Waals surface area contributed by atoms with Gasteiger partial charge in [0.25, 0.3) is 0 Å². The molecule has 122 valence electrons. The maximum absolute atomic E-state index is 12.5. The third-order valence-corrected chi connectivity index (χ3v) is 4.65. The van der Waals surface area contributed by atoms with E-state index >= 15 is 0 Å². The second-order valence-corrected chi connectivity index (χ2v) is 6.12. The number of carbonyl (C=O) groups is 1. The first-order valence-corrected chi connectivity index (χ1v) is 8.54. The molecule has 2 aromatic carbocycles. The summed E-state index contributed by atoms with van der Waals surface area (Å²) in [5, 5.41) is 0.728. The summed E-state index contributed by atoms with van der Waals surface area (Å²) in [6.45, 7) is 7.88. The molecule has 0 saturated heterocycles. The van der Waals surface area contributed by atoms with Crippen molar-refractivity contribution in [2.24, 2.45) is 0 Å². The molecule has 2 aromatic rings. The first kappa shape index (κ1) is 17.6. The molecule has 3 heteroatoms. The number of rotatable bonds is 5. The molecule has 0 N–H and O–H groups in total. The molecule has 1 atom stereocenters. The lowest BCUT2D eigenvalue weighted by molar-refractivity contribution is -0.117. The van der Waals surface area contributed by atoms with Crippen LogP contribution in [0, 0.1) is 0 Å². The van der Waals surface area contributed by atoms with Crippen LogP contribution in [-0.4, -0.2) is 5.91 Å². The van der Waals surface area contributed by atoms with Gasteiger partial charge < -0.3 is 4.90 Å². The molecule has 0 aliphatic rings. The van der Waals surface area contributed by atoms with E-state index in [-0.39, 0.29) is 11.9 Å². The van der Waals surface area contributed by atoms with Crippen molar-refractivity contribution in [2.75, 3.05) is 4.90 Å². The highest BCUT2D eigenvalue weighted by Gasteiger charge is 2.25. The average molecular weight is 330 g/mol. The minimum absolute atomic E-state index is 0.0352. The molecule has 23 heavy (non-hydrogen) atoms. The van der Waals surface area contributed by atoms with Gasteiger partial charge in [0.1, 0.15) is 0 Å². The van der Waals surface area contributed by atoms with E-state index in [1.165, 1.54) is 0 Å². The molecule has 0 aromatic heterocycles. The number of amides is 1. The molecule has 0 heterocycles. The molecular formula is C20H24ClNO. The largest absolute Gasteiger partial charge is 0.305 e. The lowest BCUT2D eigenvalue weighted by atomic mass is 9.98. The fourth-order valence-electron chi connectivity index (χ4n) is 3.09. The van der Waals surface area contributed by atoms with Crippen LogP contribution in [0.25, 0.3) is 0 Å². The lowest BCUT2D eigenvalue weighted by Crippen LogP contribution is -2.33. The number of halogens is 1. The molecule has 0 aliphatic heterocycles. The molecule has 0 fully saturated rings. The van der Waals surface area contributed by atoms with Crippen LogP contribution in [0.1, 0.15) is 50.4 Å². The van der Waals surface area contributed by atoms with Crippen molar-refractivity contribution < 1.29 is 4.79 Å². The summed E-state index contributed by atoms with van der Waals surface area (Å²) >= 11 is 6.42. The predicted octanol–water partition coefficient (Wildman–Crippen LogP) is 5.58. The minimum Gasteiger partial charge on any atom is -0.305 e. The summed E-state index contributed by atoms with van der Waals surface area (Å²) in [5.41, 5.74) is 4.30. The Morgan fingerprint density at radius 1 is 1.09 bits per heavy atom. The predicted molar refractivity (Wildman–Crippen MR) is 98.2 cm³/mol. The Balaban J connectivity index is 2.63. The van der Waals surface area contributed by atoms with E-state index in [4.69, 9.17) is 11.6 Å². The Kier molecular flexibility index (Phi) is 5.84. The number of anilines is 1. The Labute approximate surface area is 144 Å². The smallest absolute Gasteiger partial charge is 0.224 e. The molecule has 1 unspecified atom stereocenters. The molecule has 0 saturated carbocycles. The quantitative estimate of drug-likeness (QED) is 0.701. The van der Waals surface area contributed by atoms with Gasteiger partial charge in [0.2, 0.25) is 5.91 Å². The van der Waals surface area contributed by atoms with E-state index in [1.807, 2.05) is 35.2 Å². The second-order valence-electron chi connectivity index (χ2n) is 5.72. The summed E-state index contributed by atoms with van der Waals surface area (Å²) in [6, 6.07) is 14.0. The van der Waals surface area contributed by atoms with Crippen LogP contribution in [0.2, 0.25) is 5.02 Å². The van der Waals surface area contributed by atoms with E-state index in [0.29, 0.717) is 0 Å².